The first-order chi connectivity index (χ1) is 13.6. The number of fused-ring (bicyclic) bond motifs is 1. The molecule has 28 heavy (non-hydrogen) atoms. The fourth-order valence-corrected chi connectivity index (χ4v) is 3.40. The van der Waals surface area contributed by atoms with Crippen LogP contribution < -0.4 is 10.1 Å². The van der Waals surface area contributed by atoms with Crippen LogP contribution in [0.4, 0.5) is 0 Å². The lowest BCUT2D eigenvalue weighted by Gasteiger charge is -2.30. The van der Waals surface area contributed by atoms with Crippen LogP contribution >= 0.6 is 12.2 Å². The van der Waals surface area contributed by atoms with E-state index in [1.165, 1.54) is 0 Å². The van der Waals surface area contributed by atoms with Crippen molar-refractivity contribution in [3.8, 4) is 11.4 Å². The van der Waals surface area contributed by atoms with Crippen molar-refractivity contribution in [2.24, 2.45) is 0 Å². The van der Waals surface area contributed by atoms with E-state index in [1.54, 1.807) is 20.1 Å². The Kier molecular flexibility index (Phi) is 6.30. The normalized spacial score (nSPS) is 12.9. The highest BCUT2D eigenvalue weighted by Crippen LogP contribution is 2.27. The Bertz CT molecular complexity index is 876. The highest BCUT2D eigenvalue weighted by Gasteiger charge is 2.30. The molecular weight excluding hydrogens is 376 g/mol. The van der Waals surface area contributed by atoms with Gasteiger partial charge in [-0.15, -0.1) is 6.58 Å². The summed E-state index contributed by atoms with van der Waals surface area (Å²) in [6.45, 7) is 7.61. The van der Waals surface area contributed by atoms with E-state index in [0.29, 0.717) is 36.9 Å². The Morgan fingerprint density at radius 2 is 2.14 bits per heavy atom. The number of rotatable bonds is 6. The van der Waals surface area contributed by atoms with Gasteiger partial charge in [0.2, 0.25) is 0 Å². The Labute approximate surface area is 169 Å². The van der Waals surface area contributed by atoms with Gasteiger partial charge in [0.15, 0.2) is 10.8 Å². The smallest absolute Gasteiger partial charge is 0.359 e. The molecule has 7 nitrogen and oxygen atoms in total. The van der Waals surface area contributed by atoms with Gasteiger partial charge >= 0.3 is 5.97 Å². The Hall–Kier alpha value is -2.87. The Morgan fingerprint density at radius 1 is 1.39 bits per heavy atom. The molecule has 0 amide bonds. The van der Waals surface area contributed by atoms with Gasteiger partial charge in [-0.05, 0) is 43.4 Å². The number of carbonyl (C=O) groups is 1. The molecule has 0 aliphatic carbocycles. The number of nitrogens with zero attached hydrogens (tertiary/aromatic N) is 3. The summed E-state index contributed by atoms with van der Waals surface area (Å²) < 4.78 is 12.3. The third-order valence-corrected chi connectivity index (χ3v) is 4.93. The van der Waals surface area contributed by atoms with Gasteiger partial charge in [0.25, 0.3) is 0 Å². The zero-order valence-electron chi connectivity index (χ0n) is 16.1. The highest BCUT2D eigenvalue weighted by molar-refractivity contribution is 7.80. The van der Waals surface area contributed by atoms with Crippen LogP contribution in [-0.2, 0) is 17.7 Å². The molecular formula is C20H24N4O3S. The van der Waals surface area contributed by atoms with Crippen LogP contribution in [-0.4, -0.2) is 52.6 Å². The summed E-state index contributed by atoms with van der Waals surface area (Å²) in [4.78, 5) is 14.5. The molecule has 0 saturated heterocycles. The maximum absolute atomic E-state index is 12.5. The maximum Gasteiger partial charge on any atom is 0.359 e. The Morgan fingerprint density at radius 3 is 2.79 bits per heavy atom. The predicted molar refractivity (Wildman–Crippen MR) is 111 cm³/mol. The van der Waals surface area contributed by atoms with E-state index in [2.05, 4.69) is 17.0 Å². The Balaban J connectivity index is 1.97. The molecule has 1 aromatic heterocycles. The van der Waals surface area contributed by atoms with Gasteiger partial charge in [-0.3, -0.25) is 0 Å². The molecule has 0 bridgehead atoms. The molecule has 1 N–H and O–H groups in total. The number of carbonyl (C=O) groups excluding carboxylic acids is 1. The fraction of sp³-hybridized carbons (Fsp3) is 0.350. The topological polar surface area (TPSA) is 68.6 Å². The summed E-state index contributed by atoms with van der Waals surface area (Å²) in [5.74, 6) is 0.345. The molecule has 1 aliphatic rings. The number of benzene rings is 1. The van der Waals surface area contributed by atoms with Crippen LogP contribution in [0.25, 0.3) is 5.69 Å². The lowest BCUT2D eigenvalue weighted by Crippen LogP contribution is -2.43. The van der Waals surface area contributed by atoms with Crippen molar-refractivity contribution in [2.75, 3.05) is 26.8 Å². The molecule has 0 radical (unpaired) electrons. The third-order valence-electron chi connectivity index (χ3n) is 4.53. The van der Waals surface area contributed by atoms with Crippen molar-refractivity contribution in [3.63, 3.8) is 0 Å². The number of thiocarbonyl (C=S) groups is 1. The molecule has 148 valence electrons. The average molecular weight is 401 g/mol. The molecule has 1 aliphatic heterocycles. The number of hydrogen-bond donors (Lipinski definition) is 1. The lowest BCUT2D eigenvalue weighted by atomic mass is 10.1. The van der Waals surface area contributed by atoms with Gasteiger partial charge in [0.1, 0.15) is 5.75 Å². The molecule has 2 aromatic rings. The molecule has 1 aromatic carbocycles. The summed E-state index contributed by atoms with van der Waals surface area (Å²) in [5, 5.41) is 8.36. The maximum atomic E-state index is 12.5. The van der Waals surface area contributed by atoms with Gasteiger partial charge in [-0.2, -0.15) is 5.10 Å². The van der Waals surface area contributed by atoms with E-state index in [1.807, 2.05) is 33.8 Å². The van der Waals surface area contributed by atoms with E-state index in [0.717, 1.165) is 29.2 Å². The second-order valence-electron chi connectivity index (χ2n) is 6.25. The van der Waals surface area contributed by atoms with Crippen LogP contribution in [0.2, 0.25) is 0 Å². The van der Waals surface area contributed by atoms with Crippen LogP contribution in [0.1, 0.15) is 28.7 Å². The zero-order chi connectivity index (χ0) is 20.1. The molecule has 0 atom stereocenters. The molecule has 0 spiro atoms. The van der Waals surface area contributed by atoms with Gasteiger partial charge in [0, 0.05) is 31.6 Å². The minimum absolute atomic E-state index is 0.298. The van der Waals surface area contributed by atoms with Crippen LogP contribution in [0, 0.1) is 0 Å². The van der Waals surface area contributed by atoms with Crippen LogP contribution in [0.5, 0.6) is 5.75 Å². The number of esters is 1. The van der Waals surface area contributed by atoms with Crippen LogP contribution in [0.15, 0.2) is 36.9 Å². The molecule has 8 heteroatoms. The van der Waals surface area contributed by atoms with Crippen molar-refractivity contribution in [2.45, 2.75) is 19.9 Å². The second kappa shape index (κ2) is 8.88. The van der Waals surface area contributed by atoms with E-state index in [4.69, 9.17) is 21.7 Å². The molecule has 0 saturated carbocycles. The number of aromatic nitrogens is 2. The second-order valence-corrected chi connectivity index (χ2v) is 6.64. The van der Waals surface area contributed by atoms with E-state index in [9.17, 15) is 4.79 Å². The van der Waals surface area contributed by atoms with E-state index in [-0.39, 0.29) is 0 Å². The average Bonchev–Trinajstić information content (AvgIpc) is 3.11. The molecule has 2 heterocycles. The fourth-order valence-electron chi connectivity index (χ4n) is 3.16. The number of methoxy groups -OCH3 is 1. The molecule has 0 fully saturated rings. The standard InChI is InChI=1S/C20H24N4O3S/c1-4-11-21-20(28)23-12-10-17-16(13-23)18(19(25)27-5-2)22-24(17)14-6-8-15(26-3)9-7-14/h4,6-9H,1,5,10-13H2,2-3H3,(H,21,28). The number of hydrogen-bond acceptors (Lipinski definition) is 5. The SMILES string of the molecule is C=CCNC(=S)N1CCc2c(c(C(=O)OCC)nn2-c2ccc(OC)cc2)C1. The van der Waals surface area contributed by atoms with Crippen molar-refractivity contribution in [1.29, 1.82) is 0 Å². The summed E-state index contributed by atoms with van der Waals surface area (Å²) >= 11 is 5.47. The van der Waals surface area contributed by atoms with Gasteiger partial charge in [0.05, 0.1) is 25.1 Å². The summed E-state index contributed by atoms with van der Waals surface area (Å²) in [6.07, 6.45) is 2.47. The quantitative estimate of drug-likeness (QED) is 0.454. The van der Waals surface area contributed by atoms with Crippen molar-refractivity contribution >= 4 is 23.3 Å². The predicted octanol–water partition coefficient (Wildman–Crippen LogP) is 2.48. The third kappa shape index (κ3) is 4.01. The minimum atomic E-state index is -0.419. The van der Waals surface area contributed by atoms with Gasteiger partial charge in [-0.1, -0.05) is 6.08 Å². The monoisotopic (exact) mass is 400 g/mol. The summed E-state index contributed by atoms with van der Waals surface area (Å²) in [7, 11) is 1.63. The van der Waals surface area contributed by atoms with Crippen molar-refractivity contribution in [1.82, 2.24) is 20.0 Å². The summed E-state index contributed by atoms with van der Waals surface area (Å²) in [6, 6.07) is 7.58. The van der Waals surface area contributed by atoms with Crippen LogP contribution in [0.3, 0.4) is 0 Å². The van der Waals surface area contributed by atoms with Crippen molar-refractivity contribution in [3.05, 3.63) is 53.9 Å². The lowest BCUT2D eigenvalue weighted by molar-refractivity contribution is 0.0517. The van der Waals surface area contributed by atoms with E-state index < -0.39 is 5.97 Å². The minimum Gasteiger partial charge on any atom is -0.497 e. The summed E-state index contributed by atoms with van der Waals surface area (Å²) in [5.41, 5.74) is 3.05. The molecule has 3 rings (SSSR count). The van der Waals surface area contributed by atoms with Gasteiger partial charge < -0.3 is 19.7 Å². The van der Waals surface area contributed by atoms with Gasteiger partial charge in [-0.25, -0.2) is 9.48 Å². The first kappa shape index (κ1) is 19.9. The van der Waals surface area contributed by atoms with E-state index >= 15 is 0 Å². The first-order valence-corrected chi connectivity index (χ1v) is 9.55. The number of ether oxygens (including phenoxy) is 2. The largest absolute Gasteiger partial charge is 0.497 e. The molecule has 0 unspecified atom stereocenters. The highest BCUT2D eigenvalue weighted by atomic mass is 32.1. The number of nitrogens with one attached hydrogen (secondary N) is 1. The van der Waals surface area contributed by atoms with Crippen molar-refractivity contribution < 1.29 is 14.3 Å². The first-order valence-electron chi connectivity index (χ1n) is 9.15. The zero-order valence-corrected chi connectivity index (χ0v) is 16.9.